The summed E-state index contributed by atoms with van der Waals surface area (Å²) < 4.78 is 6.39. The lowest BCUT2D eigenvalue weighted by molar-refractivity contribution is -0.0766. The van der Waals surface area contributed by atoms with E-state index in [9.17, 15) is 4.79 Å². The van der Waals surface area contributed by atoms with Crippen LogP contribution in [0.25, 0.3) is 0 Å². The summed E-state index contributed by atoms with van der Waals surface area (Å²) >= 11 is 0. The van der Waals surface area contributed by atoms with E-state index in [1.807, 2.05) is 36.5 Å². The summed E-state index contributed by atoms with van der Waals surface area (Å²) in [4.78, 5) is 22.1. The number of aromatic amines is 1. The van der Waals surface area contributed by atoms with Crippen molar-refractivity contribution in [2.75, 3.05) is 19.6 Å². The van der Waals surface area contributed by atoms with Crippen molar-refractivity contribution >= 4 is 5.91 Å². The van der Waals surface area contributed by atoms with Gasteiger partial charge >= 0.3 is 0 Å². The molecule has 2 N–H and O–H groups in total. The van der Waals surface area contributed by atoms with Gasteiger partial charge in [-0.3, -0.25) is 9.69 Å². The molecule has 1 spiro atoms. The Morgan fingerprint density at radius 1 is 1.27 bits per heavy atom. The van der Waals surface area contributed by atoms with E-state index in [4.69, 9.17) is 4.74 Å². The molecule has 2 aromatic rings. The van der Waals surface area contributed by atoms with Crippen LogP contribution in [0.15, 0.2) is 42.7 Å². The molecule has 0 bridgehead atoms. The number of aromatic nitrogens is 2. The second-order valence-electron chi connectivity index (χ2n) is 7.35. The number of H-pyrrole nitrogens is 1. The standard InChI is InChI=1S/C20H26N4O2/c25-19(16-4-2-1-3-5-16)23-14-17-6-7-20(26-17)8-12-24(13-9-20)15-18-21-10-11-22-18/h1-5,10-11,17H,6-9,12-15H2,(H,21,22)(H,23,25). The predicted molar refractivity (Wildman–Crippen MR) is 98.7 cm³/mol. The number of hydrogen-bond donors (Lipinski definition) is 2. The molecule has 6 nitrogen and oxygen atoms in total. The highest BCUT2D eigenvalue weighted by Gasteiger charge is 2.42. The minimum atomic E-state index is -0.0246. The van der Waals surface area contributed by atoms with Gasteiger partial charge in [0.15, 0.2) is 0 Å². The van der Waals surface area contributed by atoms with E-state index in [0.717, 1.165) is 51.1 Å². The molecule has 6 heteroatoms. The molecular formula is C20H26N4O2. The minimum Gasteiger partial charge on any atom is -0.370 e. The highest BCUT2D eigenvalue weighted by Crippen LogP contribution is 2.38. The van der Waals surface area contributed by atoms with E-state index in [1.54, 1.807) is 6.20 Å². The summed E-state index contributed by atoms with van der Waals surface area (Å²) in [6.45, 7) is 3.53. The van der Waals surface area contributed by atoms with E-state index < -0.39 is 0 Å². The number of hydrogen-bond acceptors (Lipinski definition) is 4. The van der Waals surface area contributed by atoms with Crippen LogP contribution < -0.4 is 5.32 Å². The zero-order valence-electron chi connectivity index (χ0n) is 15.0. The Hall–Kier alpha value is -2.18. The molecule has 2 aliphatic rings. The van der Waals surface area contributed by atoms with Crippen LogP contribution in [0.2, 0.25) is 0 Å². The third-order valence-corrected chi connectivity index (χ3v) is 5.56. The highest BCUT2D eigenvalue weighted by molar-refractivity contribution is 5.94. The number of carbonyl (C=O) groups is 1. The zero-order chi connectivity index (χ0) is 17.8. The van der Waals surface area contributed by atoms with Gasteiger partial charge in [-0.15, -0.1) is 0 Å². The van der Waals surface area contributed by atoms with Crippen LogP contribution in [-0.4, -0.2) is 52.1 Å². The lowest BCUT2D eigenvalue weighted by Gasteiger charge is -2.39. The lowest BCUT2D eigenvalue weighted by Crippen LogP contribution is -2.45. The summed E-state index contributed by atoms with van der Waals surface area (Å²) in [5.74, 6) is 0.998. The largest absolute Gasteiger partial charge is 0.370 e. The first kappa shape index (κ1) is 17.2. The summed E-state index contributed by atoms with van der Waals surface area (Å²) in [6.07, 6.45) is 8.01. The fourth-order valence-corrected chi connectivity index (χ4v) is 4.02. The van der Waals surface area contributed by atoms with Gasteiger partial charge in [0.1, 0.15) is 5.82 Å². The molecular weight excluding hydrogens is 328 g/mol. The Kier molecular flexibility index (Phi) is 5.04. The molecule has 3 heterocycles. The molecule has 1 aromatic carbocycles. The SMILES string of the molecule is O=C(NCC1CCC2(CCN(Cc3ncc[nH]3)CC2)O1)c1ccccc1. The molecule has 0 radical (unpaired) electrons. The molecule has 1 aromatic heterocycles. The minimum absolute atomic E-state index is 0.00179. The van der Waals surface area contributed by atoms with Crippen molar-refractivity contribution < 1.29 is 9.53 Å². The van der Waals surface area contributed by atoms with E-state index in [1.165, 1.54) is 0 Å². The monoisotopic (exact) mass is 354 g/mol. The average molecular weight is 354 g/mol. The topological polar surface area (TPSA) is 70.2 Å². The fourth-order valence-electron chi connectivity index (χ4n) is 4.02. The first-order valence-electron chi connectivity index (χ1n) is 9.44. The van der Waals surface area contributed by atoms with Crippen molar-refractivity contribution in [1.29, 1.82) is 0 Å². The molecule has 1 unspecified atom stereocenters. The third kappa shape index (κ3) is 3.97. The Morgan fingerprint density at radius 2 is 2.08 bits per heavy atom. The number of benzene rings is 1. The van der Waals surface area contributed by atoms with Crippen LogP contribution in [0, 0.1) is 0 Å². The smallest absolute Gasteiger partial charge is 0.251 e. The van der Waals surface area contributed by atoms with Gasteiger partial charge in [-0.25, -0.2) is 4.98 Å². The van der Waals surface area contributed by atoms with Gasteiger partial charge in [-0.1, -0.05) is 18.2 Å². The van der Waals surface area contributed by atoms with E-state index in [2.05, 4.69) is 20.2 Å². The van der Waals surface area contributed by atoms with Crippen LogP contribution in [-0.2, 0) is 11.3 Å². The number of rotatable bonds is 5. The van der Waals surface area contributed by atoms with Gasteiger partial charge in [0.2, 0.25) is 0 Å². The molecule has 2 fully saturated rings. The van der Waals surface area contributed by atoms with Gasteiger partial charge in [0.25, 0.3) is 5.91 Å². The molecule has 4 rings (SSSR count). The Bertz CT molecular complexity index is 709. The van der Waals surface area contributed by atoms with Crippen LogP contribution in [0.1, 0.15) is 41.9 Å². The van der Waals surface area contributed by atoms with E-state index >= 15 is 0 Å². The quantitative estimate of drug-likeness (QED) is 0.865. The van der Waals surface area contributed by atoms with Gasteiger partial charge in [-0.05, 0) is 37.8 Å². The third-order valence-electron chi connectivity index (χ3n) is 5.56. The van der Waals surface area contributed by atoms with Crippen molar-refractivity contribution in [2.24, 2.45) is 0 Å². The van der Waals surface area contributed by atoms with Gasteiger partial charge < -0.3 is 15.0 Å². The maximum Gasteiger partial charge on any atom is 0.251 e. The van der Waals surface area contributed by atoms with Crippen molar-refractivity contribution in [3.63, 3.8) is 0 Å². The summed E-state index contributed by atoms with van der Waals surface area (Å²) in [5.41, 5.74) is 0.702. The van der Waals surface area contributed by atoms with Crippen molar-refractivity contribution in [1.82, 2.24) is 20.2 Å². The Balaban J connectivity index is 1.23. The number of nitrogens with zero attached hydrogens (tertiary/aromatic N) is 2. The summed E-state index contributed by atoms with van der Waals surface area (Å²) in [7, 11) is 0. The van der Waals surface area contributed by atoms with E-state index in [-0.39, 0.29) is 17.6 Å². The second kappa shape index (κ2) is 7.60. The van der Waals surface area contributed by atoms with Crippen molar-refractivity contribution in [2.45, 2.75) is 43.9 Å². The molecule has 0 saturated carbocycles. The summed E-state index contributed by atoms with van der Waals surface area (Å²) in [5, 5.41) is 3.01. The number of likely N-dealkylation sites (tertiary alicyclic amines) is 1. The molecule has 138 valence electrons. The maximum atomic E-state index is 12.2. The molecule has 1 amide bonds. The molecule has 26 heavy (non-hydrogen) atoms. The Labute approximate surface area is 154 Å². The number of imidazole rings is 1. The first-order chi connectivity index (χ1) is 12.7. The van der Waals surface area contributed by atoms with Crippen LogP contribution in [0.3, 0.4) is 0 Å². The van der Waals surface area contributed by atoms with Gasteiger partial charge in [0, 0.05) is 37.6 Å². The van der Waals surface area contributed by atoms with Crippen molar-refractivity contribution in [3.05, 3.63) is 54.1 Å². The molecule has 0 aliphatic carbocycles. The second-order valence-corrected chi connectivity index (χ2v) is 7.35. The van der Waals surface area contributed by atoms with Crippen LogP contribution in [0.5, 0.6) is 0 Å². The first-order valence-corrected chi connectivity index (χ1v) is 9.44. The Morgan fingerprint density at radius 3 is 2.81 bits per heavy atom. The lowest BCUT2D eigenvalue weighted by atomic mass is 9.88. The number of nitrogens with one attached hydrogen (secondary N) is 2. The molecule has 2 saturated heterocycles. The van der Waals surface area contributed by atoms with Crippen LogP contribution in [0.4, 0.5) is 0 Å². The molecule has 2 aliphatic heterocycles. The number of piperidine rings is 1. The zero-order valence-corrected chi connectivity index (χ0v) is 15.0. The highest BCUT2D eigenvalue weighted by atomic mass is 16.5. The fraction of sp³-hybridized carbons (Fsp3) is 0.500. The van der Waals surface area contributed by atoms with E-state index in [0.29, 0.717) is 12.1 Å². The summed E-state index contributed by atoms with van der Waals surface area (Å²) in [6, 6.07) is 9.35. The van der Waals surface area contributed by atoms with Crippen molar-refractivity contribution in [3.8, 4) is 0 Å². The number of amides is 1. The maximum absolute atomic E-state index is 12.2. The predicted octanol–water partition coefficient (Wildman–Crippen LogP) is 2.35. The number of carbonyl (C=O) groups excluding carboxylic acids is 1. The van der Waals surface area contributed by atoms with Crippen LogP contribution >= 0.6 is 0 Å². The average Bonchev–Trinajstić information content (AvgIpc) is 3.33. The van der Waals surface area contributed by atoms with Gasteiger partial charge in [0.05, 0.1) is 18.2 Å². The molecule has 1 atom stereocenters. The van der Waals surface area contributed by atoms with Gasteiger partial charge in [-0.2, -0.15) is 0 Å². The normalized spacial score (nSPS) is 22.5. The number of ether oxygens (including phenoxy) is 1.